The molecule has 1 heterocycles. The molecular formula is C16H26N2O. The van der Waals surface area contributed by atoms with E-state index in [9.17, 15) is 0 Å². The molecule has 0 saturated heterocycles. The van der Waals surface area contributed by atoms with Crippen LogP contribution in [0.1, 0.15) is 45.7 Å². The van der Waals surface area contributed by atoms with Gasteiger partial charge in [0.25, 0.3) is 0 Å². The summed E-state index contributed by atoms with van der Waals surface area (Å²) in [6.07, 6.45) is 5.53. The third-order valence-corrected chi connectivity index (χ3v) is 4.61. The second kappa shape index (κ2) is 5.91. The minimum atomic E-state index is 0.234. The highest BCUT2D eigenvalue weighted by Crippen LogP contribution is 2.46. The van der Waals surface area contributed by atoms with Gasteiger partial charge in [-0.2, -0.15) is 0 Å². The summed E-state index contributed by atoms with van der Waals surface area (Å²) in [5.41, 5.74) is 1.21. The Hall–Kier alpha value is -1.09. The molecule has 2 rings (SSSR count). The predicted molar refractivity (Wildman–Crippen MR) is 78.5 cm³/mol. The lowest BCUT2D eigenvalue weighted by atomic mass is 9.61. The van der Waals surface area contributed by atoms with E-state index in [1.165, 1.54) is 6.42 Å². The molecule has 106 valence electrons. The highest BCUT2D eigenvalue weighted by atomic mass is 16.5. The predicted octanol–water partition coefficient (Wildman–Crippen LogP) is 3.33. The van der Waals surface area contributed by atoms with Gasteiger partial charge in [-0.05, 0) is 38.4 Å². The fourth-order valence-corrected chi connectivity index (χ4v) is 2.86. The van der Waals surface area contributed by atoms with Crippen molar-refractivity contribution in [3.8, 4) is 5.75 Å². The first-order chi connectivity index (χ1) is 9.11. The number of rotatable bonds is 6. The van der Waals surface area contributed by atoms with Gasteiger partial charge in [0.2, 0.25) is 0 Å². The smallest absolute Gasteiger partial charge is 0.140 e. The van der Waals surface area contributed by atoms with E-state index in [1.807, 2.05) is 25.3 Å². The number of ether oxygens (including phenoxy) is 1. The van der Waals surface area contributed by atoms with E-state index in [2.05, 4.69) is 31.1 Å². The number of hydrogen-bond donors (Lipinski definition) is 1. The number of hydrogen-bond acceptors (Lipinski definition) is 3. The van der Waals surface area contributed by atoms with Gasteiger partial charge < -0.3 is 10.1 Å². The molecule has 0 bridgehead atoms. The van der Waals surface area contributed by atoms with Crippen LogP contribution < -0.4 is 10.1 Å². The molecule has 0 amide bonds. The average molecular weight is 262 g/mol. The van der Waals surface area contributed by atoms with Gasteiger partial charge >= 0.3 is 0 Å². The fraction of sp³-hybridized carbons (Fsp3) is 0.688. The Bertz CT molecular complexity index is 421. The molecular weight excluding hydrogens is 236 g/mol. The van der Waals surface area contributed by atoms with Crippen LogP contribution in [-0.4, -0.2) is 23.7 Å². The lowest BCUT2D eigenvalue weighted by molar-refractivity contribution is -0.0705. The number of nitrogens with zero attached hydrogens (tertiary/aromatic N) is 1. The van der Waals surface area contributed by atoms with Crippen LogP contribution in [0, 0.1) is 12.3 Å². The van der Waals surface area contributed by atoms with Crippen LogP contribution in [0.25, 0.3) is 0 Å². The van der Waals surface area contributed by atoms with E-state index in [4.69, 9.17) is 4.74 Å². The zero-order valence-corrected chi connectivity index (χ0v) is 12.6. The zero-order valence-electron chi connectivity index (χ0n) is 12.6. The van der Waals surface area contributed by atoms with Crippen molar-refractivity contribution in [1.29, 1.82) is 0 Å². The molecule has 3 heteroatoms. The van der Waals surface area contributed by atoms with Crippen LogP contribution in [0.15, 0.2) is 18.3 Å². The number of aryl methyl sites for hydroxylation is 1. The van der Waals surface area contributed by atoms with Gasteiger partial charge in [-0.1, -0.05) is 20.8 Å². The molecule has 1 aromatic rings. The molecule has 0 spiro atoms. The molecule has 1 aromatic heterocycles. The third kappa shape index (κ3) is 2.76. The van der Waals surface area contributed by atoms with Crippen molar-refractivity contribution in [2.24, 2.45) is 5.41 Å². The van der Waals surface area contributed by atoms with Crippen LogP contribution in [0.5, 0.6) is 5.75 Å². The van der Waals surface area contributed by atoms with Gasteiger partial charge in [0.1, 0.15) is 11.9 Å². The van der Waals surface area contributed by atoms with Crippen molar-refractivity contribution < 1.29 is 4.74 Å². The van der Waals surface area contributed by atoms with Crippen molar-refractivity contribution in [1.82, 2.24) is 10.3 Å². The van der Waals surface area contributed by atoms with Gasteiger partial charge in [0.15, 0.2) is 0 Å². The topological polar surface area (TPSA) is 34.1 Å². The van der Waals surface area contributed by atoms with Crippen molar-refractivity contribution in [2.75, 3.05) is 6.54 Å². The summed E-state index contributed by atoms with van der Waals surface area (Å²) >= 11 is 0. The maximum Gasteiger partial charge on any atom is 0.140 e. The molecule has 3 atom stereocenters. The van der Waals surface area contributed by atoms with Crippen molar-refractivity contribution in [3.63, 3.8) is 0 Å². The standard InChI is InChI=1S/C16H26N2O/c1-5-9-18-14-11-15(16(14,4)6-2)19-13-8-7-10-17-12(13)3/h7-8,10,14-15,18H,5-6,9,11H2,1-4H3. The normalized spacial score (nSPS) is 29.9. The molecule has 1 aliphatic rings. The van der Waals surface area contributed by atoms with Crippen LogP contribution in [-0.2, 0) is 0 Å². The first-order valence-electron chi connectivity index (χ1n) is 7.43. The molecule has 0 aromatic carbocycles. The molecule has 1 aliphatic carbocycles. The summed E-state index contributed by atoms with van der Waals surface area (Å²) in [6.45, 7) is 9.90. The Labute approximate surface area is 116 Å². The first kappa shape index (κ1) is 14.3. The minimum Gasteiger partial charge on any atom is -0.488 e. The Morgan fingerprint density at radius 3 is 2.89 bits per heavy atom. The average Bonchev–Trinajstić information content (AvgIpc) is 2.42. The molecule has 1 fully saturated rings. The maximum absolute atomic E-state index is 6.20. The van der Waals surface area contributed by atoms with Crippen molar-refractivity contribution in [3.05, 3.63) is 24.0 Å². The van der Waals surface area contributed by atoms with Crippen LogP contribution in [0.4, 0.5) is 0 Å². The van der Waals surface area contributed by atoms with Gasteiger partial charge in [-0.25, -0.2) is 0 Å². The first-order valence-corrected chi connectivity index (χ1v) is 7.43. The van der Waals surface area contributed by atoms with Gasteiger partial charge in [-0.15, -0.1) is 0 Å². The Morgan fingerprint density at radius 1 is 1.47 bits per heavy atom. The van der Waals surface area contributed by atoms with E-state index >= 15 is 0 Å². The maximum atomic E-state index is 6.20. The summed E-state index contributed by atoms with van der Waals surface area (Å²) in [7, 11) is 0. The fourth-order valence-electron chi connectivity index (χ4n) is 2.86. The lowest BCUT2D eigenvalue weighted by Crippen LogP contribution is -2.63. The number of nitrogens with one attached hydrogen (secondary N) is 1. The largest absolute Gasteiger partial charge is 0.488 e. The van der Waals surface area contributed by atoms with E-state index in [-0.39, 0.29) is 5.41 Å². The number of pyridine rings is 1. The molecule has 1 saturated carbocycles. The summed E-state index contributed by atoms with van der Waals surface area (Å²) in [4.78, 5) is 4.29. The monoisotopic (exact) mass is 262 g/mol. The third-order valence-electron chi connectivity index (χ3n) is 4.61. The zero-order chi connectivity index (χ0) is 13.9. The number of aromatic nitrogens is 1. The highest BCUT2D eigenvalue weighted by molar-refractivity contribution is 5.26. The summed E-state index contributed by atoms with van der Waals surface area (Å²) in [5, 5.41) is 3.65. The van der Waals surface area contributed by atoms with E-state index in [0.717, 1.165) is 30.8 Å². The van der Waals surface area contributed by atoms with Crippen molar-refractivity contribution >= 4 is 0 Å². The molecule has 3 unspecified atom stereocenters. The Balaban J connectivity index is 2.01. The summed E-state index contributed by atoms with van der Waals surface area (Å²) in [5.74, 6) is 0.932. The second-order valence-electron chi connectivity index (χ2n) is 5.80. The molecule has 0 aliphatic heterocycles. The quantitative estimate of drug-likeness (QED) is 0.854. The molecule has 0 radical (unpaired) electrons. The highest BCUT2D eigenvalue weighted by Gasteiger charge is 2.51. The van der Waals surface area contributed by atoms with Gasteiger partial charge in [-0.3, -0.25) is 4.98 Å². The Kier molecular flexibility index (Phi) is 4.46. The van der Waals surface area contributed by atoms with Gasteiger partial charge in [0.05, 0.1) is 5.69 Å². The lowest BCUT2D eigenvalue weighted by Gasteiger charge is -2.53. The molecule has 1 N–H and O–H groups in total. The minimum absolute atomic E-state index is 0.234. The van der Waals surface area contributed by atoms with Crippen LogP contribution in [0.3, 0.4) is 0 Å². The van der Waals surface area contributed by atoms with E-state index in [0.29, 0.717) is 12.1 Å². The van der Waals surface area contributed by atoms with E-state index < -0.39 is 0 Å². The van der Waals surface area contributed by atoms with Gasteiger partial charge in [0, 0.05) is 24.1 Å². The Morgan fingerprint density at radius 2 is 2.26 bits per heavy atom. The van der Waals surface area contributed by atoms with Crippen molar-refractivity contribution in [2.45, 2.75) is 59.1 Å². The SMILES string of the molecule is CCCNC1CC(Oc2cccnc2C)C1(C)CC. The molecule has 19 heavy (non-hydrogen) atoms. The van der Waals surface area contributed by atoms with E-state index in [1.54, 1.807) is 0 Å². The van der Waals surface area contributed by atoms with Crippen LogP contribution in [0.2, 0.25) is 0 Å². The van der Waals surface area contributed by atoms with Crippen LogP contribution >= 0.6 is 0 Å². The molecule has 3 nitrogen and oxygen atoms in total. The summed E-state index contributed by atoms with van der Waals surface area (Å²) < 4.78 is 6.20. The summed E-state index contributed by atoms with van der Waals surface area (Å²) in [6, 6.07) is 4.54. The second-order valence-corrected chi connectivity index (χ2v) is 5.80.